The number of rotatable bonds is 2. The average molecular weight is 178 g/mol. The van der Waals surface area contributed by atoms with Crippen LogP contribution >= 0.6 is 0 Å². The van der Waals surface area contributed by atoms with Gasteiger partial charge in [-0.2, -0.15) is 0 Å². The third kappa shape index (κ3) is 1.87. The summed E-state index contributed by atoms with van der Waals surface area (Å²) in [4.78, 5) is 4.09. The third-order valence-corrected chi connectivity index (χ3v) is 2.60. The molecule has 1 aromatic rings. The summed E-state index contributed by atoms with van der Waals surface area (Å²) in [7, 11) is 0. The van der Waals surface area contributed by atoms with E-state index in [1.165, 1.54) is 5.56 Å². The summed E-state index contributed by atoms with van der Waals surface area (Å²) < 4.78 is 0. The van der Waals surface area contributed by atoms with Crippen molar-refractivity contribution in [3.8, 4) is 0 Å². The molecule has 0 aliphatic carbocycles. The molecule has 13 heavy (non-hydrogen) atoms. The summed E-state index contributed by atoms with van der Waals surface area (Å²) in [6.07, 6.45) is 4.71. The zero-order chi connectivity index (χ0) is 9.10. The molecule has 0 radical (unpaired) electrons. The topological polar surface area (TPSA) is 45.2 Å². The molecule has 0 spiro atoms. The van der Waals surface area contributed by atoms with Crippen molar-refractivity contribution in [1.82, 2.24) is 10.3 Å². The first-order valence-electron chi connectivity index (χ1n) is 4.64. The predicted octanol–water partition coefficient (Wildman–Crippen LogP) is 0.519. The molecule has 2 atom stereocenters. The van der Waals surface area contributed by atoms with E-state index < -0.39 is 0 Å². The van der Waals surface area contributed by atoms with E-state index >= 15 is 0 Å². The van der Waals surface area contributed by atoms with Crippen LogP contribution in [0.25, 0.3) is 0 Å². The standard InChI is InChI=1S/C10H14N2O/c13-7-10-4-9(6-12-10)8-2-1-3-11-5-8/h1-3,5,9-10,12-13H,4,6-7H2. The van der Waals surface area contributed by atoms with Gasteiger partial charge in [0.15, 0.2) is 0 Å². The Morgan fingerprint density at radius 3 is 3.15 bits per heavy atom. The number of nitrogens with zero attached hydrogens (tertiary/aromatic N) is 1. The van der Waals surface area contributed by atoms with Crippen molar-refractivity contribution in [1.29, 1.82) is 0 Å². The third-order valence-electron chi connectivity index (χ3n) is 2.60. The second kappa shape index (κ2) is 3.85. The molecular weight excluding hydrogens is 164 g/mol. The Hall–Kier alpha value is -0.930. The minimum absolute atomic E-state index is 0.233. The molecule has 1 saturated heterocycles. The van der Waals surface area contributed by atoms with Crippen molar-refractivity contribution in [2.75, 3.05) is 13.2 Å². The first-order chi connectivity index (χ1) is 6.40. The fourth-order valence-corrected chi connectivity index (χ4v) is 1.83. The summed E-state index contributed by atoms with van der Waals surface area (Å²) in [5, 5.41) is 12.2. The predicted molar refractivity (Wildman–Crippen MR) is 50.5 cm³/mol. The van der Waals surface area contributed by atoms with Crippen LogP contribution in [0.4, 0.5) is 0 Å². The number of aromatic nitrogens is 1. The highest BCUT2D eigenvalue weighted by atomic mass is 16.3. The maximum atomic E-state index is 8.95. The fraction of sp³-hybridized carbons (Fsp3) is 0.500. The van der Waals surface area contributed by atoms with Gasteiger partial charge in [0, 0.05) is 25.0 Å². The van der Waals surface area contributed by atoms with Crippen LogP contribution in [0.5, 0.6) is 0 Å². The molecule has 2 heterocycles. The molecule has 3 nitrogen and oxygen atoms in total. The maximum absolute atomic E-state index is 8.95. The van der Waals surface area contributed by atoms with E-state index in [2.05, 4.69) is 16.4 Å². The van der Waals surface area contributed by atoms with Gasteiger partial charge >= 0.3 is 0 Å². The van der Waals surface area contributed by atoms with Crippen LogP contribution in [0.3, 0.4) is 0 Å². The molecule has 1 fully saturated rings. The van der Waals surface area contributed by atoms with E-state index in [-0.39, 0.29) is 12.6 Å². The zero-order valence-electron chi connectivity index (χ0n) is 7.48. The van der Waals surface area contributed by atoms with Gasteiger partial charge in [-0.3, -0.25) is 4.98 Å². The Morgan fingerprint density at radius 2 is 2.54 bits per heavy atom. The van der Waals surface area contributed by atoms with Crippen molar-refractivity contribution in [3.63, 3.8) is 0 Å². The highest BCUT2D eigenvalue weighted by molar-refractivity contribution is 5.17. The molecule has 70 valence electrons. The van der Waals surface area contributed by atoms with Gasteiger partial charge in [-0.05, 0) is 24.0 Å². The molecule has 0 amide bonds. The lowest BCUT2D eigenvalue weighted by molar-refractivity contribution is 0.254. The summed E-state index contributed by atoms with van der Waals surface area (Å²) in [5.74, 6) is 0.519. The van der Waals surface area contributed by atoms with E-state index in [0.717, 1.165) is 13.0 Å². The summed E-state index contributed by atoms with van der Waals surface area (Å²) >= 11 is 0. The molecule has 0 saturated carbocycles. The monoisotopic (exact) mass is 178 g/mol. The summed E-state index contributed by atoms with van der Waals surface area (Å²) in [6, 6.07) is 4.32. The van der Waals surface area contributed by atoms with E-state index in [0.29, 0.717) is 5.92 Å². The molecule has 3 heteroatoms. The fourth-order valence-electron chi connectivity index (χ4n) is 1.83. The second-order valence-corrected chi connectivity index (χ2v) is 3.51. The Bertz CT molecular complexity index is 263. The molecule has 2 unspecified atom stereocenters. The normalized spacial score (nSPS) is 27.8. The number of pyridine rings is 1. The molecule has 2 rings (SSSR count). The van der Waals surface area contributed by atoms with Gasteiger partial charge in [0.25, 0.3) is 0 Å². The van der Waals surface area contributed by atoms with E-state index in [9.17, 15) is 0 Å². The molecular formula is C10H14N2O. The van der Waals surface area contributed by atoms with Crippen LogP contribution in [0.15, 0.2) is 24.5 Å². The van der Waals surface area contributed by atoms with Crippen LogP contribution in [0.2, 0.25) is 0 Å². The molecule has 1 aliphatic heterocycles. The molecule has 0 aromatic carbocycles. The van der Waals surface area contributed by atoms with Crippen LogP contribution in [-0.4, -0.2) is 29.3 Å². The first kappa shape index (κ1) is 8.66. The lowest BCUT2D eigenvalue weighted by Gasteiger charge is -2.07. The number of aliphatic hydroxyl groups is 1. The van der Waals surface area contributed by atoms with Crippen LogP contribution in [-0.2, 0) is 0 Å². The number of hydrogen-bond donors (Lipinski definition) is 2. The highest BCUT2D eigenvalue weighted by Gasteiger charge is 2.24. The molecule has 1 aliphatic rings. The van der Waals surface area contributed by atoms with E-state index in [1.807, 2.05) is 12.3 Å². The molecule has 2 N–H and O–H groups in total. The second-order valence-electron chi connectivity index (χ2n) is 3.51. The van der Waals surface area contributed by atoms with Gasteiger partial charge in [-0.15, -0.1) is 0 Å². The lowest BCUT2D eigenvalue weighted by Crippen LogP contribution is -2.24. The maximum Gasteiger partial charge on any atom is 0.0584 e. The van der Waals surface area contributed by atoms with Crippen molar-refractivity contribution in [2.24, 2.45) is 0 Å². The Kier molecular flexibility index (Phi) is 2.57. The van der Waals surface area contributed by atoms with Gasteiger partial charge in [0.1, 0.15) is 0 Å². The number of hydrogen-bond acceptors (Lipinski definition) is 3. The summed E-state index contributed by atoms with van der Waals surface area (Å²) in [5.41, 5.74) is 1.27. The molecule has 1 aromatic heterocycles. The lowest BCUT2D eigenvalue weighted by atomic mass is 9.98. The van der Waals surface area contributed by atoms with Crippen LogP contribution in [0.1, 0.15) is 17.9 Å². The Morgan fingerprint density at radius 1 is 1.62 bits per heavy atom. The van der Waals surface area contributed by atoms with Crippen molar-refractivity contribution in [3.05, 3.63) is 30.1 Å². The SMILES string of the molecule is OCC1CC(c2cccnc2)CN1. The van der Waals surface area contributed by atoms with Gasteiger partial charge in [0.05, 0.1) is 6.61 Å². The van der Waals surface area contributed by atoms with Crippen molar-refractivity contribution in [2.45, 2.75) is 18.4 Å². The van der Waals surface area contributed by atoms with E-state index in [4.69, 9.17) is 5.11 Å². The van der Waals surface area contributed by atoms with Crippen LogP contribution < -0.4 is 5.32 Å². The van der Waals surface area contributed by atoms with Gasteiger partial charge in [-0.25, -0.2) is 0 Å². The number of nitrogens with one attached hydrogen (secondary N) is 1. The van der Waals surface area contributed by atoms with Crippen molar-refractivity contribution >= 4 is 0 Å². The quantitative estimate of drug-likeness (QED) is 0.694. The summed E-state index contributed by atoms with van der Waals surface area (Å²) in [6.45, 7) is 1.19. The van der Waals surface area contributed by atoms with Crippen LogP contribution in [0, 0.1) is 0 Å². The van der Waals surface area contributed by atoms with Gasteiger partial charge in [0.2, 0.25) is 0 Å². The van der Waals surface area contributed by atoms with E-state index in [1.54, 1.807) is 6.20 Å². The molecule has 0 bridgehead atoms. The average Bonchev–Trinajstić information content (AvgIpc) is 2.67. The smallest absolute Gasteiger partial charge is 0.0584 e. The van der Waals surface area contributed by atoms with Gasteiger partial charge < -0.3 is 10.4 Å². The minimum atomic E-state index is 0.233. The Labute approximate surface area is 77.8 Å². The Balaban J connectivity index is 2.04. The highest BCUT2D eigenvalue weighted by Crippen LogP contribution is 2.24. The minimum Gasteiger partial charge on any atom is -0.395 e. The first-order valence-corrected chi connectivity index (χ1v) is 4.64. The zero-order valence-corrected chi connectivity index (χ0v) is 7.48. The van der Waals surface area contributed by atoms with Gasteiger partial charge in [-0.1, -0.05) is 6.07 Å². The van der Waals surface area contributed by atoms with Crippen molar-refractivity contribution < 1.29 is 5.11 Å². The largest absolute Gasteiger partial charge is 0.395 e. The number of aliphatic hydroxyl groups excluding tert-OH is 1.